The molecule has 0 spiro atoms. The molecule has 1 heterocycles. The summed E-state index contributed by atoms with van der Waals surface area (Å²) in [6.45, 7) is 8.94. The van der Waals surface area contributed by atoms with Crippen molar-refractivity contribution in [1.29, 1.82) is 0 Å². The molecule has 4 aromatic rings. The molecule has 1 aromatic heterocycles. The minimum Gasteiger partial charge on any atom is -0.386 e. The van der Waals surface area contributed by atoms with Crippen molar-refractivity contribution >= 4 is 22.4 Å². The molecule has 3 aromatic carbocycles. The Kier molecular flexibility index (Phi) is 7.47. The van der Waals surface area contributed by atoms with E-state index in [0.717, 1.165) is 5.56 Å². The highest BCUT2D eigenvalue weighted by molar-refractivity contribution is 6.01. The predicted molar refractivity (Wildman–Crippen MR) is 151 cm³/mol. The van der Waals surface area contributed by atoms with Gasteiger partial charge in [0.2, 0.25) is 5.60 Å². The molecule has 1 atom stereocenters. The van der Waals surface area contributed by atoms with E-state index in [1.807, 2.05) is 44.2 Å². The first-order valence-electron chi connectivity index (χ1n) is 12.6. The Morgan fingerprint density at radius 1 is 0.923 bits per heavy atom. The van der Waals surface area contributed by atoms with Crippen LogP contribution in [-0.2, 0) is 15.8 Å². The number of amides is 1. The molecule has 0 aliphatic carbocycles. The Labute approximate surface area is 227 Å². The fraction of sp³-hybridized carbons (Fsp3) is 0.281. The monoisotopic (exact) mass is 524 g/mol. The van der Waals surface area contributed by atoms with E-state index < -0.39 is 28.1 Å². The fourth-order valence-corrected chi connectivity index (χ4v) is 4.51. The minimum atomic E-state index is -2.08. The second-order valence-corrected chi connectivity index (χ2v) is 10.9. The van der Waals surface area contributed by atoms with Crippen molar-refractivity contribution < 1.29 is 19.5 Å². The second kappa shape index (κ2) is 10.5. The van der Waals surface area contributed by atoms with Crippen LogP contribution in [0.2, 0.25) is 0 Å². The summed E-state index contributed by atoms with van der Waals surface area (Å²) in [7, 11) is 0. The number of hydrogen-bond acceptors (Lipinski definition) is 6. The van der Waals surface area contributed by atoms with Crippen LogP contribution in [0.25, 0.3) is 10.8 Å². The maximum Gasteiger partial charge on any atom is 0.366 e. The van der Waals surface area contributed by atoms with E-state index in [2.05, 4.69) is 22.3 Å². The number of nitrogens with one attached hydrogen (secondary N) is 1. The molecule has 3 N–H and O–H groups in total. The highest BCUT2D eigenvalue weighted by Gasteiger charge is 2.41. The van der Waals surface area contributed by atoms with Crippen LogP contribution in [0, 0.1) is 18.8 Å². The molecule has 0 aliphatic heterocycles. The summed E-state index contributed by atoms with van der Waals surface area (Å²) >= 11 is 0. The fourth-order valence-electron chi connectivity index (χ4n) is 4.51. The number of aliphatic hydroxyl groups is 2. The van der Waals surface area contributed by atoms with Gasteiger partial charge in [0.25, 0.3) is 5.91 Å². The van der Waals surface area contributed by atoms with Crippen molar-refractivity contribution in [3.8, 4) is 11.8 Å². The molecular formula is C32H32N2O5. The van der Waals surface area contributed by atoms with E-state index in [-0.39, 0.29) is 6.42 Å². The van der Waals surface area contributed by atoms with E-state index >= 15 is 0 Å². The molecule has 7 heteroatoms. The molecule has 0 bridgehead atoms. The quantitative estimate of drug-likeness (QED) is 0.312. The molecule has 0 saturated heterocycles. The maximum atomic E-state index is 13.7. The summed E-state index contributed by atoms with van der Waals surface area (Å²) in [5.74, 6) is 5.08. The minimum absolute atomic E-state index is 0.00574. The average Bonchev–Trinajstić information content (AvgIpc) is 2.90. The lowest BCUT2D eigenvalue weighted by atomic mass is 9.75. The molecule has 0 radical (unpaired) electrons. The van der Waals surface area contributed by atoms with Crippen LogP contribution >= 0.6 is 0 Å². The summed E-state index contributed by atoms with van der Waals surface area (Å²) in [5.41, 5.74) is -1.30. The highest BCUT2D eigenvalue weighted by Crippen LogP contribution is 2.33. The summed E-state index contributed by atoms with van der Waals surface area (Å²) in [4.78, 5) is 25.7. The molecule has 1 unspecified atom stereocenters. The Morgan fingerprint density at radius 3 is 2.31 bits per heavy atom. The first-order valence-corrected chi connectivity index (χ1v) is 12.6. The van der Waals surface area contributed by atoms with Gasteiger partial charge in [-0.3, -0.25) is 4.79 Å². The van der Waals surface area contributed by atoms with Gasteiger partial charge in [0, 0.05) is 23.1 Å². The lowest BCUT2D eigenvalue weighted by Crippen LogP contribution is -2.46. The molecule has 1 amide bonds. The van der Waals surface area contributed by atoms with Gasteiger partial charge in [0.1, 0.15) is 0 Å². The zero-order chi connectivity index (χ0) is 28.4. The molecule has 0 aliphatic rings. The van der Waals surface area contributed by atoms with Crippen LogP contribution in [0.5, 0.6) is 0 Å². The normalized spacial score (nSPS) is 13.3. The number of aryl methyl sites for hydroxylation is 1. The zero-order valence-electron chi connectivity index (χ0n) is 22.7. The Balaban J connectivity index is 1.74. The zero-order valence-corrected chi connectivity index (χ0v) is 22.7. The van der Waals surface area contributed by atoms with Crippen LogP contribution in [0.4, 0.5) is 5.69 Å². The van der Waals surface area contributed by atoms with Gasteiger partial charge in [-0.05, 0) is 67.6 Å². The second-order valence-electron chi connectivity index (χ2n) is 10.9. The van der Waals surface area contributed by atoms with E-state index in [1.165, 1.54) is 0 Å². The van der Waals surface area contributed by atoms with Crippen molar-refractivity contribution in [3.05, 3.63) is 106 Å². The van der Waals surface area contributed by atoms with Crippen LogP contribution < -0.4 is 10.9 Å². The van der Waals surface area contributed by atoms with Gasteiger partial charge in [0.15, 0.2) is 0 Å². The molecule has 39 heavy (non-hydrogen) atoms. The van der Waals surface area contributed by atoms with Crippen molar-refractivity contribution in [1.82, 2.24) is 5.16 Å². The Hall–Kier alpha value is -4.25. The number of nitrogens with zero attached hydrogens (tertiary/aromatic N) is 1. The molecule has 200 valence electrons. The number of hydrogen-bond donors (Lipinski definition) is 3. The SMILES string of the molecule is Cc1noc(=O)c2ccc(NC(=O)C(O)(C#Cc3cccc(C(C)(C)O)c3)CC(C)(C)c3ccccc3)cc12. The summed E-state index contributed by atoms with van der Waals surface area (Å²) in [6.07, 6.45) is 0.00574. The third kappa shape index (κ3) is 6.26. The van der Waals surface area contributed by atoms with Gasteiger partial charge >= 0.3 is 5.63 Å². The highest BCUT2D eigenvalue weighted by atomic mass is 16.5. The smallest absolute Gasteiger partial charge is 0.366 e. The number of rotatable bonds is 6. The summed E-state index contributed by atoms with van der Waals surface area (Å²) in [6, 6.07) is 21.4. The lowest BCUT2D eigenvalue weighted by molar-refractivity contribution is -0.130. The molecule has 0 fully saturated rings. The number of aromatic nitrogens is 1. The van der Waals surface area contributed by atoms with Crippen molar-refractivity contribution in [2.75, 3.05) is 5.32 Å². The number of fused-ring (bicyclic) bond motifs is 1. The number of carbonyl (C=O) groups excluding carboxylic acids is 1. The number of anilines is 1. The summed E-state index contributed by atoms with van der Waals surface area (Å²) < 4.78 is 4.78. The Morgan fingerprint density at radius 2 is 1.62 bits per heavy atom. The average molecular weight is 525 g/mol. The Bertz CT molecular complexity index is 1640. The topological polar surface area (TPSA) is 113 Å². The molecular weight excluding hydrogens is 492 g/mol. The van der Waals surface area contributed by atoms with E-state index in [9.17, 15) is 19.8 Å². The lowest BCUT2D eigenvalue weighted by Gasteiger charge is -2.32. The van der Waals surface area contributed by atoms with Gasteiger partial charge < -0.3 is 20.1 Å². The molecule has 7 nitrogen and oxygen atoms in total. The van der Waals surface area contributed by atoms with E-state index in [1.54, 1.807) is 63.2 Å². The maximum absolute atomic E-state index is 13.7. The largest absolute Gasteiger partial charge is 0.386 e. The first-order chi connectivity index (χ1) is 18.3. The number of carbonyl (C=O) groups is 1. The van der Waals surface area contributed by atoms with Gasteiger partial charge in [-0.25, -0.2) is 4.79 Å². The van der Waals surface area contributed by atoms with Crippen molar-refractivity contribution in [2.24, 2.45) is 0 Å². The van der Waals surface area contributed by atoms with Crippen LogP contribution in [0.3, 0.4) is 0 Å². The van der Waals surface area contributed by atoms with Crippen LogP contribution in [0.15, 0.2) is 82.1 Å². The van der Waals surface area contributed by atoms with Gasteiger partial charge in [-0.15, -0.1) is 0 Å². The summed E-state index contributed by atoms with van der Waals surface area (Å²) in [5, 5.41) is 29.6. The molecule has 0 saturated carbocycles. The first kappa shape index (κ1) is 27.8. The van der Waals surface area contributed by atoms with Crippen molar-refractivity contribution in [2.45, 2.75) is 57.7 Å². The van der Waals surface area contributed by atoms with Crippen molar-refractivity contribution in [3.63, 3.8) is 0 Å². The van der Waals surface area contributed by atoms with Crippen LogP contribution in [0.1, 0.15) is 56.5 Å². The van der Waals surface area contributed by atoms with Gasteiger partial charge in [0.05, 0.1) is 16.7 Å². The van der Waals surface area contributed by atoms with Crippen LogP contribution in [-0.4, -0.2) is 26.9 Å². The third-order valence-electron chi connectivity index (χ3n) is 6.76. The van der Waals surface area contributed by atoms with E-state index in [4.69, 9.17) is 4.52 Å². The van der Waals surface area contributed by atoms with Gasteiger partial charge in [-0.2, -0.15) is 0 Å². The molecule has 4 rings (SSSR count). The van der Waals surface area contributed by atoms with Gasteiger partial charge in [-0.1, -0.05) is 73.3 Å². The predicted octanol–water partition coefficient (Wildman–Crippen LogP) is 4.81. The number of benzene rings is 3. The standard InChI is InChI=1S/C32H32N2O5/c1-21-27-19-25(14-15-26(27)28(35)39-34-21)33-29(36)32(38,20-30(2,3)23-11-7-6-8-12-23)17-16-22-10-9-13-24(18-22)31(4,5)37/h6-15,18-19,37-38H,20H2,1-5H3,(H,33,36). The van der Waals surface area contributed by atoms with E-state index in [0.29, 0.717) is 33.3 Å². The third-order valence-corrected chi connectivity index (χ3v) is 6.76.